The molecule has 0 bridgehead atoms. The summed E-state index contributed by atoms with van der Waals surface area (Å²) in [4.78, 5) is 12.1. The lowest BCUT2D eigenvalue weighted by molar-refractivity contribution is 0.222. The molecule has 1 aliphatic rings. The predicted molar refractivity (Wildman–Crippen MR) is 118 cm³/mol. The van der Waals surface area contributed by atoms with Gasteiger partial charge in [-0.05, 0) is 24.5 Å². The second-order valence-electron chi connectivity index (χ2n) is 7.37. The lowest BCUT2D eigenvalue weighted by atomic mass is 10.1. The molecule has 1 unspecified atom stereocenters. The molecular formula is C22H29N3O4S. The third kappa shape index (κ3) is 6.21. The normalized spacial score (nSPS) is 17.3. The number of benzene rings is 2. The van der Waals surface area contributed by atoms with E-state index in [9.17, 15) is 13.2 Å². The van der Waals surface area contributed by atoms with E-state index in [2.05, 4.69) is 10.6 Å². The highest BCUT2D eigenvalue weighted by Crippen LogP contribution is 2.29. The van der Waals surface area contributed by atoms with Crippen molar-refractivity contribution in [3.8, 4) is 16.9 Å². The van der Waals surface area contributed by atoms with Crippen LogP contribution >= 0.6 is 0 Å². The van der Waals surface area contributed by atoms with Gasteiger partial charge in [0.15, 0.2) is 0 Å². The molecule has 1 fully saturated rings. The van der Waals surface area contributed by atoms with Gasteiger partial charge in [0.25, 0.3) is 0 Å². The van der Waals surface area contributed by atoms with Gasteiger partial charge in [-0.25, -0.2) is 13.2 Å². The van der Waals surface area contributed by atoms with Crippen LogP contribution in [-0.2, 0) is 10.0 Å². The quantitative estimate of drug-likeness (QED) is 0.629. The Bertz CT molecular complexity index is 934. The zero-order valence-electron chi connectivity index (χ0n) is 17.2. The first-order valence-electron chi connectivity index (χ1n) is 10.2. The van der Waals surface area contributed by atoms with Gasteiger partial charge in [-0.1, -0.05) is 55.0 Å². The minimum Gasteiger partial charge on any atom is -0.491 e. The predicted octanol–water partition coefficient (Wildman–Crippen LogP) is 2.85. The number of para-hydroxylation sites is 1. The molecule has 1 atom stereocenters. The number of piperidine rings is 1. The lowest BCUT2D eigenvalue weighted by Crippen LogP contribution is -2.50. The van der Waals surface area contributed by atoms with Crippen LogP contribution < -0.4 is 15.4 Å². The first-order valence-corrected chi connectivity index (χ1v) is 12.1. The Labute approximate surface area is 178 Å². The molecule has 1 saturated heterocycles. The fourth-order valence-electron chi connectivity index (χ4n) is 3.66. The highest BCUT2D eigenvalue weighted by Gasteiger charge is 2.29. The number of carbonyl (C=O) groups excluding carboxylic acids is 1. The molecule has 2 amide bonds. The second kappa shape index (κ2) is 10.4. The van der Waals surface area contributed by atoms with E-state index in [1.54, 1.807) is 0 Å². The average Bonchev–Trinajstić information content (AvgIpc) is 2.76. The number of amides is 2. The molecule has 3 rings (SSSR count). The number of nitrogens with zero attached hydrogens (tertiary/aromatic N) is 1. The molecule has 8 heteroatoms. The second-order valence-corrected chi connectivity index (χ2v) is 9.31. The maximum absolute atomic E-state index is 12.1. The van der Waals surface area contributed by atoms with Crippen molar-refractivity contribution in [1.82, 2.24) is 14.9 Å². The van der Waals surface area contributed by atoms with E-state index in [1.807, 2.05) is 54.6 Å². The summed E-state index contributed by atoms with van der Waals surface area (Å²) < 4.78 is 31.2. The minimum atomic E-state index is -3.26. The maximum atomic E-state index is 12.1. The van der Waals surface area contributed by atoms with E-state index in [-0.39, 0.29) is 12.1 Å². The van der Waals surface area contributed by atoms with Gasteiger partial charge in [0.1, 0.15) is 12.4 Å². The topological polar surface area (TPSA) is 87.7 Å². The summed E-state index contributed by atoms with van der Waals surface area (Å²) in [5, 5.41) is 5.54. The van der Waals surface area contributed by atoms with Crippen molar-refractivity contribution in [1.29, 1.82) is 0 Å². The van der Waals surface area contributed by atoms with Gasteiger partial charge in [-0.2, -0.15) is 4.31 Å². The number of hydrogen-bond donors (Lipinski definition) is 2. The fraction of sp³-hybridized carbons (Fsp3) is 0.409. The van der Waals surface area contributed by atoms with Gasteiger partial charge in [0.05, 0.1) is 12.8 Å². The SMILES string of the molecule is CS(=O)(=O)N1CCCCC1CNC(=O)NCCOc1ccccc1-c1ccccc1. The van der Waals surface area contributed by atoms with E-state index in [0.29, 0.717) is 26.2 Å². The van der Waals surface area contributed by atoms with Crippen molar-refractivity contribution in [3.05, 3.63) is 54.6 Å². The van der Waals surface area contributed by atoms with Gasteiger partial charge < -0.3 is 15.4 Å². The number of nitrogens with one attached hydrogen (secondary N) is 2. The molecule has 30 heavy (non-hydrogen) atoms. The van der Waals surface area contributed by atoms with Crippen molar-refractivity contribution in [2.75, 3.05) is 32.5 Å². The minimum absolute atomic E-state index is 0.187. The standard InChI is InChI=1S/C22H29N3O4S/c1-30(27,28)25-15-8-7-11-19(25)17-24-22(26)23-14-16-29-21-13-6-5-12-20(21)18-9-3-2-4-10-18/h2-6,9-10,12-13,19H,7-8,11,14-17H2,1H3,(H2,23,24,26). The number of rotatable bonds is 8. The van der Waals surface area contributed by atoms with Crippen LogP contribution in [0.2, 0.25) is 0 Å². The maximum Gasteiger partial charge on any atom is 0.314 e. The molecular weight excluding hydrogens is 402 g/mol. The molecule has 0 aromatic heterocycles. The number of ether oxygens (including phenoxy) is 1. The highest BCUT2D eigenvalue weighted by molar-refractivity contribution is 7.88. The monoisotopic (exact) mass is 431 g/mol. The van der Waals surface area contributed by atoms with Crippen LogP contribution in [0.1, 0.15) is 19.3 Å². The van der Waals surface area contributed by atoms with E-state index in [0.717, 1.165) is 36.1 Å². The molecule has 2 aromatic rings. The summed E-state index contributed by atoms with van der Waals surface area (Å²) in [7, 11) is -3.26. The van der Waals surface area contributed by atoms with Gasteiger partial charge in [0.2, 0.25) is 10.0 Å². The fourth-order valence-corrected chi connectivity index (χ4v) is 4.84. The van der Waals surface area contributed by atoms with Crippen LogP contribution in [0.4, 0.5) is 4.79 Å². The first-order chi connectivity index (χ1) is 14.4. The van der Waals surface area contributed by atoms with Crippen molar-refractivity contribution >= 4 is 16.1 Å². The van der Waals surface area contributed by atoms with E-state index in [1.165, 1.54) is 10.6 Å². The molecule has 1 aliphatic heterocycles. The molecule has 2 aromatic carbocycles. The Hall–Kier alpha value is -2.58. The Kier molecular flexibility index (Phi) is 7.70. The third-order valence-corrected chi connectivity index (χ3v) is 6.45. The van der Waals surface area contributed by atoms with Crippen molar-refractivity contribution in [2.24, 2.45) is 0 Å². The third-order valence-electron chi connectivity index (χ3n) is 5.11. The molecule has 7 nitrogen and oxygen atoms in total. The molecule has 2 N–H and O–H groups in total. The molecule has 1 heterocycles. The Morgan fingerprint density at radius 3 is 2.57 bits per heavy atom. The van der Waals surface area contributed by atoms with Crippen LogP contribution in [-0.4, -0.2) is 57.3 Å². The van der Waals surface area contributed by atoms with Crippen LogP contribution in [0, 0.1) is 0 Å². The Morgan fingerprint density at radius 1 is 1.07 bits per heavy atom. The highest BCUT2D eigenvalue weighted by atomic mass is 32.2. The zero-order valence-corrected chi connectivity index (χ0v) is 18.0. The molecule has 0 radical (unpaired) electrons. The average molecular weight is 432 g/mol. The summed E-state index contributed by atoms with van der Waals surface area (Å²) in [5.41, 5.74) is 2.07. The number of urea groups is 1. The summed E-state index contributed by atoms with van der Waals surface area (Å²) in [6.07, 6.45) is 3.80. The van der Waals surface area contributed by atoms with Crippen LogP contribution in [0.15, 0.2) is 54.6 Å². The Morgan fingerprint density at radius 2 is 1.80 bits per heavy atom. The van der Waals surface area contributed by atoms with Gasteiger partial charge in [-0.3, -0.25) is 0 Å². The lowest BCUT2D eigenvalue weighted by Gasteiger charge is -2.33. The van der Waals surface area contributed by atoms with Crippen LogP contribution in [0.3, 0.4) is 0 Å². The summed E-state index contributed by atoms with van der Waals surface area (Å²) in [5.74, 6) is 0.761. The molecule has 162 valence electrons. The van der Waals surface area contributed by atoms with Crippen LogP contribution in [0.5, 0.6) is 5.75 Å². The van der Waals surface area contributed by atoms with Crippen molar-refractivity contribution in [3.63, 3.8) is 0 Å². The van der Waals surface area contributed by atoms with Crippen molar-refractivity contribution < 1.29 is 17.9 Å². The van der Waals surface area contributed by atoms with E-state index >= 15 is 0 Å². The zero-order chi connectivity index (χ0) is 21.4. The smallest absolute Gasteiger partial charge is 0.314 e. The molecule has 0 saturated carbocycles. The number of carbonyl (C=O) groups is 1. The van der Waals surface area contributed by atoms with Gasteiger partial charge in [0, 0.05) is 24.7 Å². The Balaban J connectivity index is 1.44. The number of hydrogen-bond acceptors (Lipinski definition) is 4. The number of sulfonamides is 1. The summed E-state index contributed by atoms with van der Waals surface area (Å²) >= 11 is 0. The van der Waals surface area contributed by atoms with Crippen LogP contribution in [0.25, 0.3) is 11.1 Å². The first kappa shape index (κ1) is 22.1. The van der Waals surface area contributed by atoms with Gasteiger partial charge >= 0.3 is 6.03 Å². The van der Waals surface area contributed by atoms with Gasteiger partial charge in [-0.15, -0.1) is 0 Å². The summed E-state index contributed by atoms with van der Waals surface area (Å²) in [6, 6.07) is 17.3. The van der Waals surface area contributed by atoms with Crippen molar-refractivity contribution in [2.45, 2.75) is 25.3 Å². The molecule has 0 spiro atoms. The molecule has 0 aliphatic carbocycles. The largest absolute Gasteiger partial charge is 0.491 e. The van der Waals surface area contributed by atoms with E-state index < -0.39 is 10.0 Å². The summed E-state index contributed by atoms with van der Waals surface area (Å²) in [6.45, 7) is 1.49. The van der Waals surface area contributed by atoms with E-state index in [4.69, 9.17) is 4.74 Å².